The predicted octanol–water partition coefficient (Wildman–Crippen LogP) is 3.86. The van der Waals surface area contributed by atoms with Crippen molar-refractivity contribution in [1.29, 1.82) is 0 Å². The fraction of sp³-hybridized carbons (Fsp3) is 0.550. The summed E-state index contributed by atoms with van der Waals surface area (Å²) in [6.45, 7) is 7.03. The predicted molar refractivity (Wildman–Crippen MR) is 107 cm³/mol. The lowest BCUT2D eigenvalue weighted by atomic mass is 10.0. The molecule has 0 spiro atoms. The molecule has 0 N–H and O–H groups in total. The highest BCUT2D eigenvalue weighted by Gasteiger charge is 2.24. The van der Waals surface area contributed by atoms with Gasteiger partial charge in [0, 0.05) is 18.6 Å². The van der Waals surface area contributed by atoms with Gasteiger partial charge in [-0.2, -0.15) is 0 Å². The molecule has 1 aliphatic rings. The van der Waals surface area contributed by atoms with Crippen molar-refractivity contribution in [2.24, 2.45) is 0 Å². The van der Waals surface area contributed by atoms with Gasteiger partial charge in [-0.05, 0) is 51.7 Å². The number of rotatable bonds is 5. The molecule has 140 valence electrons. The lowest BCUT2D eigenvalue weighted by Gasteiger charge is -2.33. The van der Waals surface area contributed by atoms with Crippen molar-refractivity contribution >= 4 is 28.6 Å². The Morgan fingerprint density at radius 1 is 1.35 bits per heavy atom. The van der Waals surface area contributed by atoms with Crippen molar-refractivity contribution in [3.63, 3.8) is 0 Å². The van der Waals surface area contributed by atoms with Crippen LogP contribution in [-0.2, 0) is 4.79 Å². The molecular weight excluding hydrogens is 346 g/mol. The zero-order chi connectivity index (χ0) is 18.7. The summed E-state index contributed by atoms with van der Waals surface area (Å²) in [7, 11) is 0. The molecule has 2 atom stereocenters. The molecule has 26 heavy (non-hydrogen) atoms. The second-order valence-electron chi connectivity index (χ2n) is 7.06. The van der Waals surface area contributed by atoms with E-state index >= 15 is 0 Å². The summed E-state index contributed by atoms with van der Waals surface area (Å²) in [6, 6.07) is 7.77. The number of hydrogen-bond acceptors (Lipinski definition) is 4. The maximum Gasteiger partial charge on any atom is 0.262 e. The van der Waals surface area contributed by atoms with Crippen molar-refractivity contribution in [3.05, 3.63) is 34.6 Å². The van der Waals surface area contributed by atoms with Crippen LogP contribution in [0.15, 0.2) is 34.2 Å². The summed E-state index contributed by atoms with van der Waals surface area (Å²) in [5, 5.41) is 1.27. The van der Waals surface area contributed by atoms with E-state index in [4.69, 9.17) is 4.98 Å². The largest absolute Gasteiger partial charge is 0.339 e. The van der Waals surface area contributed by atoms with Gasteiger partial charge in [-0.25, -0.2) is 4.98 Å². The van der Waals surface area contributed by atoms with Gasteiger partial charge in [0.05, 0.1) is 16.7 Å². The first-order valence-corrected chi connectivity index (χ1v) is 10.4. The Morgan fingerprint density at radius 3 is 2.85 bits per heavy atom. The average molecular weight is 374 g/mol. The summed E-state index contributed by atoms with van der Waals surface area (Å²) in [5.74, 6) is 0.464. The van der Waals surface area contributed by atoms with Crippen LogP contribution in [0.4, 0.5) is 0 Å². The first-order chi connectivity index (χ1) is 12.5. The van der Waals surface area contributed by atoms with Gasteiger partial charge < -0.3 is 4.90 Å². The second kappa shape index (κ2) is 8.25. The number of carbonyl (C=O) groups excluding carboxylic acids is 1. The SMILES string of the molecule is CC[C@@H](C)n1c(SCC(=O)N2CCCC[C@@H]2C)nc2ccccc2c1=O. The molecule has 0 unspecified atom stereocenters. The summed E-state index contributed by atoms with van der Waals surface area (Å²) >= 11 is 1.38. The summed E-state index contributed by atoms with van der Waals surface area (Å²) in [4.78, 5) is 32.3. The van der Waals surface area contributed by atoms with Crippen LogP contribution in [0.2, 0.25) is 0 Å². The third kappa shape index (κ3) is 3.80. The van der Waals surface area contributed by atoms with E-state index in [2.05, 4.69) is 13.8 Å². The lowest BCUT2D eigenvalue weighted by molar-refractivity contribution is -0.131. The molecule has 6 heteroatoms. The Hall–Kier alpha value is -1.82. The van der Waals surface area contributed by atoms with Gasteiger partial charge in [0.1, 0.15) is 0 Å². The smallest absolute Gasteiger partial charge is 0.262 e. The average Bonchev–Trinajstić information content (AvgIpc) is 2.66. The van der Waals surface area contributed by atoms with Gasteiger partial charge in [0.2, 0.25) is 5.91 Å². The van der Waals surface area contributed by atoms with Gasteiger partial charge in [-0.3, -0.25) is 14.2 Å². The number of carbonyl (C=O) groups is 1. The Balaban J connectivity index is 1.88. The van der Waals surface area contributed by atoms with Crippen molar-refractivity contribution in [2.45, 2.75) is 63.7 Å². The molecule has 3 rings (SSSR count). The van der Waals surface area contributed by atoms with Gasteiger partial charge in [-0.15, -0.1) is 0 Å². The molecule has 1 amide bonds. The highest BCUT2D eigenvalue weighted by molar-refractivity contribution is 7.99. The minimum Gasteiger partial charge on any atom is -0.339 e. The number of piperidine rings is 1. The molecule has 1 aliphatic heterocycles. The Labute approximate surface area is 158 Å². The van der Waals surface area contributed by atoms with Crippen LogP contribution in [0.5, 0.6) is 0 Å². The van der Waals surface area contributed by atoms with Crippen LogP contribution in [0, 0.1) is 0 Å². The van der Waals surface area contributed by atoms with E-state index in [0.29, 0.717) is 27.9 Å². The van der Waals surface area contributed by atoms with Crippen molar-refractivity contribution in [1.82, 2.24) is 14.5 Å². The molecule has 5 nitrogen and oxygen atoms in total. The monoisotopic (exact) mass is 373 g/mol. The Bertz CT molecular complexity index is 849. The van der Waals surface area contributed by atoms with Crippen LogP contribution in [0.1, 0.15) is 52.5 Å². The van der Waals surface area contributed by atoms with Crippen LogP contribution < -0.4 is 5.56 Å². The van der Waals surface area contributed by atoms with Crippen LogP contribution in [0.3, 0.4) is 0 Å². The highest BCUT2D eigenvalue weighted by atomic mass is 32.2. The lowest BCUT2D eigenvalue weighted by Crippen LogP contribution is -2.43. The first kappa shape index (κ1) is 19.0. The molecule has 1 aromatic heterocycles. The fourth-order valence-corrected chi connectivity index (χ4v) is 4.46. The summed E-state index contributed by atoms with van der Waals surface area (Å²) < 4.78 is 1.75. The number of nitrogens with zero attached hydrogens (tertiary/aromatic N) is 3. The van der Waals surface area contributed by atoms with E-state index in [1.807, 2.05) is 36.1 Å². The van der Waals surface area contributed by atoms with E-state index in [-0.39, 0.29) is 17.5 Å². The molecule has 2 heterocycles. The van der Waals surface area contributed by atoms with Gasteiger partial charge in [-0.1, -0.05) is 30.8 Å². The first-order valence-electron chi connectivity index (χ1n) is 9.46. The van der Waals surface area contributed by atoms with E-state index in [1.54, 1.807) is 4.57 Å². The second-order valence-corrected chi connectivity index (χ2v) is 8.01. The van der Waals surface area contributed by atoms with Crippen LogP contribution >= 0.6 is 11.8 Å². The maximum atomic E-state index is 13.0. The van der Waals surface area contributed by atoms with Crippen LogP contribution in [-0.4, -0.2) is 38.7 Å². The topological polar surface area (TPSA) is 55.2 Å². The normalized spacial score (nSPS) is 18.9. The number of aromatic nitrogens is 2. The zero-order valence-corrected chi connectivity index (χ0v) is 16.6. The highest BCUT2D eigenvalue weighted by Crippen LogP contribution is 2.24. The molecule has 0 radical (unpaired) electrons. The van der Waals surface area contributed by atoms with Gasteiger partial charge in [0.15, 0.2) is 5.16 Å². The minimum absolute atomic E-state index is 0.0220. The zero-order valence-electron chi connectivity index (χ0n) is 15.8. The number of thioether (sulfide) groups is 1. The Morgan fingerprint density at radius 2 is 2.12 bits per heavy atom. The minimum atomic E-state index is -0.0220. The number of benzene rings is 1. The number of likely N-dealkylation sites (tertiary alicyclic amines) is 1. The summed E-state index contributed by atoms with van der Waals surface area (Å²) in [5.41, 5.74) is 0.671. The summed E-state index contributed by atoms with van der Waals surface area (Å²) in [6.07, 6.45) is 4.18. The maximum absolute atomic E-state index is 13.0. The van der Waals surface area contributed by atoms with E-state index in [1.165, 1.54) is 18.2 Å². The number of amides is 1. The third-order valence-electron chi connectivity index (χ3n) is 5.26. The number of para-hydroxylation sites is 1. The van der Waals surface area contributed by atoms with E-state index in [0.717, 1.165) is 25.8 Å². The molecule has 0 bridgehead atoms. The molecule has 1 saturated heterocycles. The number of fused-ring (bicyclic) bond motifs is 1. The molecular formula is C20H27N3O2S. The van der Waals surface area contributed by atoms with Gasteiger partial charge in [0.25, 0.3) is 5.56 Å². The van der Waals surface area contributed by atoms with Crippen LogP contribution in [0.25, 0.3) is 10.9 Å². The van der Waals surface area contributed by atoms with Gasteiger partial charge >= 0.3 is 0 Å². The quantitative estimate of drug-likeness (QED) is 0.590. The molecule has 1 fully saturated rings. The fourth-order valence-electron chi connectivity index (χ4n) is 3.48. The third-order valence-corrected chi connectivity index (χ3v) is 6.19. The van der Waals surface area contributed by atoms with Crippen molar-refractivity contribution < 1.29 is 4.79 Å². The molecule has 2 aromatic rings. The number of hydrogen-bond donors (Lipinski definition) is 0. The van der Waals surface area contributed by atoms with Crippen molar-refractivity contribution in [2.75, 3.05) is 12.3 Å². The van der Waals surface area contributed by atoms with Crippen molar-refractivity contribution in [3.8, 4) is 0 Å². The standard InChI is InChI=1S/C20H27N3O2S/c1-4-14(2)23-19(25)16-10-5-6-11-17(16)21-20(23)26-13-18(24)22-12-8-7-9-15(22)3/h5-6,10-11,14-15H,4,7-9,12-13H2,1-3H3/t14-,15+/m1/s1. The molecule has 1 aromatic carbocycles. The molecule has 0 saturated carbocycles. The van der Waals surface area contributed by atoms with E-state index < -0.39 is 0 Å². The Kier molecular flexibility index (Phi) is 6.01. The molecule has 0 aliphatic carbocycles. The van der Waals surface area contributed by atoms with E-state index in [9.17, 15) is 9.59 Å².